The van der Waals surface area contributed by atoms with E-state index in [-0.39, 0.29) is 5.91 Å². The van der Waals surface area contributed by atoms with Crippen LogP contribution >= 0.6 is 11.6 Å². The first-order valence-electron chi connectivity index (χ1n) is 8.54. The number of benzene rings is 1. The van der Waals surface area contributed by atoms with Crippen LogP contribution in [0.2, 0.25) is 5.02 Å². The molecule has 5 nitrogen and oxygen atoms in total. The van der Waals surface area contributed by atoms with E-state index in [4.69, 9.17) is 16.3 Å². The summed E-state index contributed by atoms with van der Waals surface area (Å²) in [6.45, 7) is 5.37. The molecule has 0 saturated carbocycles. The van der Waals surface area contributed by atoms with Crippen molar-refractivity contribution in [2.45, 2.75) is 26.2 Å². The highest BCUT2D eigenvalue weighted by Gasteiger charge is 2.21. The Hall–Kier alpha value is -1.30. The summed E-state index contributed by atoms with van der Waals surface area (Å²) in [4.78, 5) is 14.6. The van der Waals surface area contributed by atoms with Gasteiger partial charge in [0.1, 0.15) is 5.75 Å². The number of likely N-dealkylation sites (tertiary alicyclic amines) is 1. The second-order valence-corrected chi connectivity index (χ2v) is 6.87. The Labute approximate surface area is 149 Å². The first kappa shape index (κ1) is 19.0. The molecule has 0 unspecified atom stereocenters. The number of methoxy groups -OCH3 is 1. The van der Waals surface area contributed by atoms with Crippen LogP contribution in [0.1, 0.15) is 24.8 Å². The summed E-state index contributed by atoms with van der Waals surface area (Å²) in [6, 6.07) is 3.59. The summed E-state index contributed by atoms with van der Waals surface area (Å²) in [6.07, 6.45) is 3.55. The third-order valence-electron chi connectivity index (χ3n) is 4.63. The van der Waals surface area contributed by atoms with E-state index >= 15 is 0 Å². The van der Waals surface area contributed by atoms with Crippen LogP contribution < -0.4 is 15.4 Å². The smallest absolute Gasteiger partial charge is 0.238 e. The van der Waals surface area contributed by atoms with Gasteiger partial charge < -0.3 is 15.4 Å². The van der Waals surface area contributed by atoms with Crippen molar-refractivity contribution in [2.75, 3.05) is 45.7 Å². The Morgan fingerprint density at radius 3 is 2.71 bits per heavy atom. The molecule has 0 aromatic heterocycles. The second kappa shape index (κ2) is 9.25. The van der Waals surface area contributed by atoms with Gasteiger partial charge in [0.2, 0.25) is 5.91 Å². The lowest BCUT2D eigenvalue weighted by molar-refractivity contribution is -0.117. The molecule has 24 heavy (non-hydrogen) atoms. The van der Waals surface area contributed by atoms with Crippen molar-refractivity contribution in [3.05, 3.63) is 22.7 Å². The molecule has 134 valence electrons. The van der Waals surface area contributed by atoms with E-state index in [0.717, 1.165) is 31.1 Å². The fourth-order valence-electron chi connectivity index (χ4n) is 3.10. The average molecular weight is 354 g/mol. The zero-order chi connectivity index (χ0) is 17.5. The lowest BCUT2D eigenvalue weighted by Gasteiger charge is -2.31. The van der Waals surface area contributed by atoms with Gasteiger partial charge in [0, 0.05) is 11.1 Å². The average Bonchev–Trinajstić information content (AvgIpc) is 2.57. The highest BCUT2D eigenvalue weighted by molar-refractivity contribution is 6.31. The highest BCUT2D eigenvalue weighted by atomic mass is 35.5. The Balaban J connectivity index is 1.85. The molecule has 0 aliphatic carbocycles. The molecule has 0 spiro atoms. The molecule has 1 amide bonds. The third kappa shape index (κ3) is 5.36. The van der Waals surface area contributed by atoms with E-state index in [2.05, 4.69) is 15.5 Å². The fourth-order valence-corrected chi connectivity index (χ4v) is 3.26. The number of rotatable bonds is 7. The van der Waals surface area contributed by atoms with E-state index < -0.39 is 0 Å². The molecule has 2 N–H and O–H groups in total. The largest absolute Gasteiger partial charge is 0.495 e. The Morgan fingerprint density at radius 2 is 2.08 bits per heavy atom. The molecule has 0 radical (unpaired) electrons. The van der Waals surface area contributed by atoms with Crippen LogP contribution in [-0.4, -0.2) is 51.1 Å². The molecule has 1 heterocycles. The minimum atomic E-state index is -0.0105. The summed E-state index contributed by atoms with van der Waals surface area (Å²) in [7, 11) is 3.57. The first-order chi connectivity index (χ1) is 11.5. The molecule has 1 aliphatic heterocycles. The maximum atomic E-state index is 12.3. The zero-order valence-electron chi connectivity index (χ0n) is 14.8. The van der Waals surface area contributed by atoms with Crippen molar-refractivity contribution in [1.29, 1.82) is 0 Å². The maximum absolute atomic E-state index is 12.3. The van der Waals surface area contributed by atoms with Crippen LogP contribution in [0.15, 0.2) is 12.1 Å². The molecule has 1 aliphatic rings. The Bertz CT molecular complexity index is 557. The lowest BCUT2D eigenvalue weighted by Crippen LogP contribution is -2.39. The van der Waals surface area contributed by atoms with Crippen molar-refractivity contribution in [2.24, 2.45) is 5.92 Å². The van der Waals surface area contributed by atoms with Gasteiger partial charge in [0.05, 0.1) is 19.3 Å². The van der Waals surface area contributed by atoms with Crippen LogP contribution in [0, 0.1) is 12.8 Å². The molecule has 0 atom stereocenters. The lowest BCUT2D eigenvalue weighted by atomic mass is 9.93. The number of aryl methyl sites for hydroxylation is 1. The number of halogens is 1. The van der Waals surface area contributed by atoms with Crippen molar-refractivity contribution in [3.63, 3.8) is 0 Å². The molecular formula is C18H28ClN3O2. The summed E-state index contributed by atoms with van der Waals surface area (Å²) < 4.78 is 5.30. The highest BCUT2D eigenvalue weighted by Crippen LogP contribution is 2.31. The number of ether oxygens (including phenoxy) is 1. The van der Waals surface area contributed by atoms with Crippen LogP contribution in [0.5, 0.6) is 5.75 Å². The number of anilines is 1. The van der Waals surface area contributed by atoms with Gasteiger partial charge in [-0.05, 0) is 70.4 Å². The van der Waals surface area contributed by atoms with Gasteiger partial charge >= 0.3 is 0 Å². The van der Waals surface area contributed by atoms with Crippen LogP contribution in [0.25, 0.3) is 0 Å². The fraction of sp³-hybridized carbons (Fsp3) is 0.611. The van der Waals surface area contributed by atoms with Crippen molar-refractivity contribution in [3.8, 4) is 5.75 Å². The zero-order valence-corrected chi connectivity index (χ0v) is 15.6. The Morgan fingerprint density at radius 1 is 1.38 bits per heavy atom. The van der Waals surface area contributed by atoms with E-state index in [1.165, 1.54) is 19.3 Å². The number of nitrogens with one attached hydrogen (secondary N) is 2. The molecular weight excluding hydrogens is 326 g/mol. The molecule has 0 bridgehead atoms. The van der Waals surface area contributed by atoms with Gasteiger partial charge in [-0.1, -0.05) is 11.6 Å². The van der Waals surface area contributed by atoms with Gasteiger partial charge in [0.25, 0.3) is 0 Å². The van der Waals surface area contributed by atoms with Gasteiger partial charge in [-0.2, -0.15) is 0 Å². The van der Waals surface area contributed by atoms with Gasteiger partial charge in [-0.25, -0.2) is 0 Å². The normalized spacial score (nSPS) is 16.2. The minimum absolute atomic E-state index is 0.0105. The Kier molecular flexibility index (Phi) is 7.34. The molecule has 6 heteroatoms. The van der Waals surface area contributed by atoms with Crippen LogP contribution in [0.4, 0.5) is 5.69 Å². The van der Waals surface area contributed by atoms with Crippen LogP contribution in [0.3, 0.4) is 0 Å². The number of piperidine rings is 1. The number of amides is 1. The van der Waals surface area contributed by atoms with E-state index in [9.17, 15) is 4.79 Å². The van der Waals surface area contributed by atoms with E-state index in [0.29, 0.717) is 23.0 Å². The van der Waals surface area contributed by atoms with E-state index in [1.807, 2.05) is 20.0 Å². The SMILES string of the molecule is CNCCC1CCN(CC(=O)Nc2cc(C)c(Cl)cc2OC)CC1. The second-order valence-electron chi connectivity index (χ2n) is 6.46. The monoisotopic (exact) mass is 353 g/mol. The predicted octanol–water partition coefficient (Wildman–Crippen LogP) is 2.92. The topological polar surface area (TPSA) is 53.6 Å². The quantitative estimate of drug-likeness (QED) is 0.791. The maximum Gasteiger partial charge on any atom is 0.238 e. The molecule has 1 aromatic rings. The van der Waals surface area contributed by atoms with Crippen molar-refractivity contribution < 1.29 is 9.53 Å². The number of carbonyl (C=O) groups excluding carboxylic acids is 1. The van der Waals surface area contributed by atoms with Crippen molar-refractivity contribution in [1.82, 2.24) is 10.2 Å². The van der Waals surface area contributed by atoms with Gasteiger partial charge in [-0.15, -0.1) is 0 Å². The number of hydrogen-bond donors (Lipinski definition) is 2. The minimum Gasteiger partial charge on any atom is -0.495 e. The molecule has 1 aromatic carbocycles. The summed E-state index contributed by atoms with van der Waals surface area (Å²) in [5.41, 5.74) is 1.59. The molecule has 1 saturated heterocycles. The van der Waals surface area contributed by atoms with Crippen LogP contribution in [-0.2, 0) is 4.79 Å². The van der Waals surface area contributed by atoms with E-state index in [1.54, 1.807) is 13.2 Å². The summed E-state index contributed by atoms with van der Waals surface area (Å²) >= 11 is 6.10. The molecule has 1 fully saturated rings. The first-order valence-corrected chi connectivity index (χ1v) is 8.92. The van der Waals surface area contributed by atoms with Gasteiger partial charge in [-0.3, -0.25) is 9.69 Å². The standard InChI is InChI=1S/C18H28ClN3O2/c1-13-10-16(17(24-3)11-15(13)19)21-18(23)12-22-8-5-14(6-9-22)4-7-20-2/h10-11,14,20H,4-9,12H2,1-3H3,(H,21,23). The number of hydrogen-bond acceptors (Lipinski definition) is 4. The summed E-state index contributed by atoms with van der Waals surface area (Å²) in [5, 5.41) is 6.79. The predicted molar refractivity (Wildman–Crippen MR) is 99.1 cm³/mol. The van der Waals surface area contributed by atoms with Gasteiger partial charge in [0.15, 0.2) is 0 Å². The third-order valence-corrected chi connectivity index (χ3v) is 5.04. The molecule has 2 rings (SSSR count). The van der Waals surface area contributed by atoms with Crippen molar-refractivity contribution >= 4 is 23.2 Å². The number of nitrogens with zero attached hydrogens (tertiary/aromatic N) is 1. The number of carbonyl (C=O) groups is 1. The summed E-state index contributed by atoms with van der Waals surface area (Å²) in [5.74, 6) is 1.35.